The fourth-order valence-corrected chi connectivity index (χ4v) is 10.9. The molecule has 30 heavy (non-hydrogen) atoms. The maximum absolute atomic E-state index is 5.77. The quantitative estimate of drug-likeness (QED) is 0.400. The highest BCUT2D eigenvalue weighted by Crippen LogP contribution is 2.61. The molecule has 2 nitrogen and oxygen atoms in total. The van der Waals surface area contributed by atoms with Gasteiger partial charge in [0.2, 0.25) is 0 Å². The minimum Gasteiger partial charge on any atom is -0.496 e. The van der Waals surface area contributed by atoms with E-state index in [2.05, 4.69) is 30.4 Å². The molecule has 4 heteroatoms. The maximum Gasteiger partial charge on any atom is 0.130 e. The van der Waals surface area contributed by atoms with Gasteiger partial charge in [-0.1, -0.05) is 62.8 Å². The highest BCUT2D eigenvalue weighted by molar-refractivity contribution is 7.60. The summed E-state index contributed by atoms with van der Waals surface area (Å²) >= 11 is 0. The molecule has 1 aromatic carbocycles. The van der Waals surface area contributed by atoms with Gasteiger partial charge < -0.3 is 9.47 Å². The predicted molar refractivity (Wildman–Crippen MR) is 134 cm³/mol. The van der Waals surface area contributed by atoms with E-state index in [0.29, 0.717) is 4.90 Å². The first-order chi connectivity index (χ1) is 14.7. The van der Waals surface area contributed by atoms with E-state index in [1.165, 1.54) is 69.8 Å². The van der Waals surface area contributed by atoms with Gasteiger partial charge in [0, 0.05) is 4.90 Å². The van der Waals surface area contributed by atoms with Gasteiger partial charge in [0.15, 0.2) is 0 Å². The Morgan fingerprint density at radius 2 is 1.33 bits per heavy atom. The summed E-state index contributed by atoms with van der Waals surface area (Å²) in [5.41, 5.74) is 4.42. The Morgan fingerprint density at radius 3 is 1.83 bits per heavy atom. The zero-order chi connectivity index (χ0) is 20.8. The molecule has 2 unspecified atom stereocenters. The smallest absolute Gasteiger partial charge is 0.130 e. The summed E-state index contributed by atoms with van der Waals surface area (Å²) in [5, 5.41) is 0. The Hall–Kier alpha value is -0.840. The summed E-state index contributed by atoms with van der Waals surface area (Å²) in [6.07, 6.45) is 22.8. The van der Waals surface area contributed by atoms with E-state index in [9.17, 15) is 0 Å². The summed E-state index contributed by atoms with van der Waals surface area (Å²) in [7, 11) is 5.66. The number of allylic oxidation sites excluding steroid dienone is 4. The molecule has 0 radical (unpaired) electrons. The number of hydrogen-bond donors (Lipinski definition) is 0. The number of hydrogen-bond acceptors (Lipinski definition) is 2. The first kappa shape index (κ1) is 22.4. The van der Waals surface area contributed by atoms with Crippen molar-refractivity contribution in [3.63, 3.8) is 0 Å². The van der Waals surface area contributed by atoms with Gasteiger partial charge in [0.1, 0.15) is 11.5 Å². The van der Waals surface area contributed by atoms with Crippen molar-refractivity contribution < 1.29 is 9.47 Å². The van der Waals surface area contributed by atoms with Crippen LogP contribution in [-0.2, 0) is 0 Å². The molecule has 2 atom stereocenters. The Balaban J connectivity index is 1.62. The molecule has 0 aliphatic heterocycles. The molecule has 0 N–H and O–H groups in total. The summed E-state index contributed by atoms with van der Waals surface area (Å²) in [6.45, 7) is 0. The van der Waals surface area contributed by atoms with Crippen LogP contribution in [0.5, 0.6) is 11.5 Å². The van der Waals surface area contributed by atoms with E-state index in [1.54, 1.807) is 14.2 Å². The molecule has 2 saturated carbocycles. The second-order valence-electron chi connectivity index (χ2n) is 9.20. The monoisotopic (exact) mass is 444 g/mol. The lowest BCUT2D eigenvalue weighted by atomic mass is 9.95. The van der Waals surface area contributed by atoms with Gasteiger partial charge in [-0.3, -0.25) is 0 Å². The van der Waals surface area contributed by atoms with Crippen LogP contribution in [0.2, 0.25) is 0 Å². The molecule has 164 valence electrons. The van der Waals surface area contributed by atoms with Gasteiger partial charge in [-0.25, -0.2) is 0 Å². The Kier molecular flexibility index (Phi) is 7.94. The molecule has 0 saturated heterocycles. The minimum atomic E-state index is 0.347. The average Bonchev–Trinajstić information content (AvgIpc) is 2.79. The third-order valence-electron chi connectivity index (χ3n) is 7.03. The van der Waals surface area contributed by atoms with E-state index < -0.39 is 0 Å². The normalized spacial score (nSPS) is 26.5. The molecule has 0 spiro atoms. The number of methoxy groups -OCH3 is 2. The third kappa shape index (κ3) is 5.31. The van der Waals surface area contributed by atoms with Crippen LogP contribution < -0.4 is 9.47 Å². The zero-order valence-corrected chi connectivity index (χ0v) is 20.7. The maximum atomic E-state index is 5.77. The lowest BCUT2D eigenvalue weighted by Crippen LogP contribution is -2.25. The molecule has 0 amide bonds. The van der Waals surface area contributed by atoms with Gasteiger partial charge in [0.25, 0.3) is 0 Å². The van der Waals surface area contributed by atoms with Crippen LogP contribution in [0.1, 0.15) is 76.2 Å². The first-order valence-corrected chi connectivity index (χ1v) is 14.0. The van der Waals surface area contributed by atoms with E-state index in [4.69, 9.17) is 9.47 Å². The van der Waals surface area contributed by atoms with Crippen LogP contribution in [0, 0.1) is 0 Å². The zero-order valence-electron chi connectivity index (χ0n) is 18.7. The lowest BCUT2D eigenvalue weighted by molar-refractivity contribution is 0.391. The van der Waals surface area contributed by atoms with E-state index >= 15 is 0 Å². The average molecular weight is 445 g/mol. The van der Waals surface area contributed by atoms with Gasteiger partial charge in [-0.05, 0) is 61.1 Å². The summed E-state index contributed by atoms with van der Waals surface area (Å²) in [4.78, 5) is 0.347. The standard InChI is InChI=1S/C26H38O2P2/c1-27-23-16-9-17-24(28-2)25(23)20-11-10-18-26(19-20,29-21-12-5-3-6-13-21)30-22-14-7-4-8-15-22/h9-11,16-18,21-22,29-30H,3-8,12-15,19H2,1-2H3. The van der Waals surface area contributed by atoms with Crippen LogP contribution in [0.15, 0.2) is 36.4 Å². The second kappa shape index (κ2) is 10.7. The summed E-state index contributed by atoms with van der Waals surface area (Å²) < 4.78 is 11.5. The second-order valence-corrected chi connectivity index (χ2v) is 13.7. The Morgan fingerprint density at radius 1 is 0.800 bits per heavy atom. The molecule has 0 heterocycles. The Bertz CT molecular complexity index is 716. The van der Waals surface area contributed by atoms with Crippen molar-refractivity contribution in [1.82, 2.24) is 0 Å². The van der Waals surface area contributed by atoms with E-state index in [0.717, 1.165) is 52.0 Å². The van der Waals surface area contributed by atoms with Crippen LogP contribution in [0.25, 0.3) is 5.57 Å². The minimum absolute atomic E-state index is 0.347. The Labute approximate surface area is 186 Å². The molecule has 0 bridgehead atoms. The van der Waals surface area contributed by atoms with Crippen molar-refractivity contribution in [1.29, 1.82) is 0 Å². The number of ether oxygens (including phenoxy) is 2. The SMILES string of the molecule is COc1cccc(OC)c1C1=CC=CC(PC2CCCCC2)(PC2CCCCC2)C1. The topological polar surface area (TPSA) is 18.5 Å². The van der Waals surface area contributed by atoms with E-state index in [1.807, 2.05) is 6.07 Å². The lowest BCUT2D eigenvalue weighted by Gasteiger charge is -2.41. The molecule has 4 rings (SSSR count). The first-order valence-electron chi connectivity index (χ1n) is 11.9. The number of rotatable bonds is 7. The van der Waals surface area contributed by atoms with Gasteiger partial charge in [-0.2, -0.15) is 0 Å². The van der Waals surface area contributed by atoms with Crippen molar-refractivity contribution in [3.05, 3.63) is 42.0 Å². The fraction of sp³-hybridized carbons (Fsp3) is 0.615. The van der Waals surface area contributed by atoms with Crippen LogP contribution in [-0.4, -0.2) is 30.4 Å². The molecule has 3 aliphatic carbocycles. The molecule has 1 aromatic rings. The van der Waals surface area contributed by atoms with Crippen molar-refractivity contribution in [3.8, 4) is 11.5 Å². The largest absolute Gasteiger partial charge is 0.496 e. The van der Waals surface area contributed by atoms with Crippen LogP contribution >= 0.6 is 17.2 Å². The van der Waals surface area contributed by atoms with Crippen LogP contribution in [0.3, 0.4) is 0 Å². The molecular formula is C26H38O2P2. The molecule has 2 fully saturated rings. The van der Waals surface area contributed by atoms with Crippen molar-refractivity contribution in [2.24, 2.45) is 0 Å². The highest BCUT2D eigenvalue weighted by Gasteiger charge is 2.37. The molecule has 0 aromatic heterocycles. The third-order valence-corrected chi connectivity index (χ3v) is 11.6. The predicted octanol–water partition coefficient (Wildman–Crippen LogP) is 7.77. The summed E-state index contributed by atoms with van der Waals surface area (Å²) in [5.74, 6) is 1.87. The van der Waals surface area contributed by atoms with Crippen molar-refractivity contribution in [2.75, 3.05) is 14.2 Å². The molecule has 3 aliphatic rings. The van der Waals surface area contributed by atoms with E-state index in [-0.39, 0.29) is 0 Å². The highest BCUT2D eigenvalue weighted by atomic mass is 31.1. The van der Waals surface area contributed by atoms with Gasteiger partial charge in [0.05, 0.1) is 19.8 Å². The van der Waals surface area contributed by atoms with Crippen LogP contribution in [0.4, 0.5) is 0 Å². The van der Waals surface area contributed by atoms with Gasteiger partial charge in [-0.15, -0.1) is 17.2 Å². The van der Waals surface area contributed by atoms with Gasteiger partial charge >= 0.3 is 0 Å². The summed E-state index contributed by atoms with van der Waals surface area (Å²) in [6, 6.07) is 6.18. The number of benzene rings is 1. The molecular weight excluding hydrogens is 406 g/mol. The van der Waals surface area contributed by atoms with Crippen molar-refractivity contribution in [2.45, 2.75) is 86.8 Å². The van der Waals surface area contributed by atoms with Crippen molar-refractivity contribution >= 4 is 22.7 Å². The fourth-order valence-electron chi connectivity index (χ4n) is 5.55.